The highest BCUT2D eigenvalue weighted by Crippen LogP contribution is 2.65. The molecule has 324 valence electrons. The normalized spacial score (nSPS) is 24.9. The molecule has 10 unspecified atom stereocenters. The first-order chi connectivity index (χ1) is 26.9. The van der Waals surface area contributed by atoms with Crippen LogP contribution >= 0.6 is 0 Å². The third-order valence-electron chi connectivity index (χ3n) is 12.6. The molecule has 10 atom stereocenters. The van der Waals surface area contributed by atoms with Gasteiger partial charge in [-0.15, -0.1) is 0 Å². The fourth-order valence-corrected chi connectivity index (χ4v) is 8.62. The first-order valence-electron chi connectivity index (χ1n) is 21.7. The lowest BCUT2D eigenvalue weighted by molar-refractivity contribution is -0.199. The number of carbonyl (C=O) groups excluding carboxylic acids is 6. The summed E-state index contributed by atoms with van der Waals surface area (Å²) in [5.74, 6) is -2.88. The Labute approximate surface area is 341 Å². The molecule has 0 aromatic rings. The minimum absolute atomic E-state index is 0.0380. The molecule has 3 saturated carbocycles. The number of aliphatic hydroxyl groups excluding tert-OH is 1. The average molecular weight is 805 g/mol. The summed E-state index contributed by atoms with van der Waals surface area (Å²) in [6, 6.07) is -4.52. The molecular weight excluding hydrogens is 731 g/mol. The van der Waals surface area contributed by atoms with Crippen LogP contribution in [-0.2, 0) is 38.1 Å². The maximum absolute atomic E-state index is 13.6. The number of rotatable bonds is 25. The monoisotopic (exact) mass is 805 g/mol. The fraction of sp³-hybridized carbons (Fsp3) is 0.854. The van der Waals surface area contributed by atoms with E-state index in [4.69, 9.17) is 9.31 Å². The molecule has 6 amide bonds. The van der Waals surface area contributed by atoms with E-state index < -0.39 is 78.5 Å². The van der Waals surface area contributed by atoms with Gasteiger partial charge < -0.3 is 46.3 Å². The molecule has 7 N–H and O–H groups in total. The highest BCUT2D eigenvalue weighted by molar-refractivity contribution is 6.47. The lowest BCUT2D eigenvalue weighted by Crippen LogP contribution is -2.65. The van der Waals surface area contributed by atoms with Crippen LogP contribution in [0.3, 0.4) is 0 Å². The molecular formula is C41H73BN6O9. The van der Waals surface area contributed by atoms with Crippen LogP contribution in [0.5, 0.6) is 0 Å². The number of amides is 6. The maximum Gasteiger partial charge on any atom is 0.481 e. The zero-order valence-corrected chi connectivity index (χ0v) is 36.1. The largest absolute Gasteiger partial charge is 0.481 e. The summed E-state index contributed by atoms with van der Waals surface area (Å²) in [4.78, 5) is 78.2. The van der Waals surface area contributed by atoms with Crippen molar-refractivity contribution in [3.8, 4) is 0 Å². The number of nitrogens with one attached hydrogen (secondary N) is 6. The van der Waals surface area contributed by atoms with Crippen molar-refractivity contribution < 1.29 is 43.2 Å². The smallest absolute Gasteiger partial charge is 0.404 e. The molecule has 0 radical (unpaired) electrons. The number of carbonyl (C=O) groups is 6. The van der Waals surface area contributed by atoms with E-state index in [-0.39, 0.29) is 30.4 Å². The summed E-state index contributed by atoms with van der Waals surface area (Å²) in [6.45, 7) is 16.8. The van der Waals surface area contributed by atoms with Gasteiger partial charge in [-0.3, -0.25) is 28.8 Å². The van der Waals surface area contributed by atoms with E-state index in [2.05, 4.69) is 59.6 Å². The highest BCUT2D eigenvalue weighted by Gasteiger charge is 2.68. The van der Waals surface area contributed by atoms with Gasteiger partial charge in [-0.05, 0) is 77.0 Å². The fourth-order valence-electron chi connectivity index (χ4n) is 8.62. The zero-order chi connectivity index (χ0) is 42.5. The van der Waals surface area contributed by atoms with Crippen molar-refractivity contribution in [2.24, 2.45) is 17.3 Å². The van der Waals surface area contributed by atoms with Crippen LogP contribution in [0.4, 0.5) is 0 Å². The molecule has 0 aromatic heterocycles. The van der Waals surface area contributed by atoms with Crippen molar-refractivity contribution in [1.82, 2.24) is 31.9 Å². The minimum atomic E-state index is -1.45. The third kappa shape index (κ3) is 13.1. The molecule has 57 heavy (non-hydrogen) atoms. The summed E-state index contributed by atoms with van der Waals surface area (Å²) < 4.78 is 12.9. The number of hydrogen-bond donors (Lipinski definition) is 7. The summed E-state index contributed by atoms with van der Waals surface area (Å²) in [5, 5.41) is 26.3. The van der Waals surface area contributed by atoms with E-state index in [1.165, 1.54) is 33.1 Å². The van der Waals surface area contributed by atoms with Crippen molar-refractivity contribution in [1.29, 1.82) is 0 Å². The van der Waals surface area contributed by atoms with Crippen molar-refractivity contribution in [3.63, 3.8) is 0 Å². The molecule has 3 aliphatic carbocycles. The number of aliphatic hydroxyl groups is 1. The Morgan fingerprint density at radius 3 is 1.96 bits per heavy atom. The second-order valence-electron chi connectivity index (χ2n) is 17.5. The summed E-state index contributed by atoms with van der Waals surface area (Å²) in [5.41, 5.74) is -0.243. The predicted molar refractivity (Wildman–Crippen MR) is 218 cm³/mol. The first-order valence-corrected chi connectivity index (χ1v) is 21.7. The van der Waals surface area contributed by atoms with Crippen LogP contribution < -0.4 is 31.9 Å². The summed E-state index contributed by atoms with van der Waals surface area (Å²) in [7, 11) is -0.626. The van der Waals surface area contributed by atoms with Crippen molar-refractivity contribution in [2.45, 2.75) is 200 Å². The lowest BCUT2D eigenvalue weighted by Gasteiger charge is -2.64. The van der Waals surface area contributed by atoms with Gasteiger partial charge in [0, 0.05) is 6.42 Å². The quantitative estimate of drug-likeness (QED) is 0.0533. The van der Waals surface area contributed by atoms with Crippen molar-refractivity contribution >= 4 is 42.6 Å². The number of unbranched alkanes of at least 4 members (excludes halogenated alkanes) is 7. The molecule has 4 rings (SSSR count). The Kier molecular flexibility index (Phi) is 18.8. The molecule has 0 spiro atoms. The van der Waals surface area contributed by atoms with Crippen LogP contribution in [0.2, 0.25) is 0 Å². The predicted octanol–water partition coefficient (Wildman–Crippen LogP) is 2.96. The molecule has 0 aromatic carbocycles. The van der Waals surface area contributed by atoms with Gasteiger partial charge in [0.2, 0.25) is 35.4 Å². The van der Waals surface area contributed by atoms with Crippen LogP contribution in [0.25, 0.3) is 0 Å². The Hall–Kier alpha value is -3.24. The average Bonchev–Trinajstić information content (AvgIpc) is 3.53. The Morgan fingerprint density at radius 2 is 1.35 bits per heavy atom. The topological polar surface area (TPSA) is 213 Å². The second kappa shape index (κ2) is 22.2. The van der Waals surface area contributed by atoms with Gasteiger partial charge in [-0.25, -0.2) is 0 Å². The van der Waals surface area contributed by atoms with Gasteiger partial charge in [-0.1, -0.05) is 86.0 Å². The van der Waals surface area contributed by atoms with Crippen LogP contribution in [0.15, 0.2) is 0 Å². The standard InChI is InChI=1S/C41H73BN6O9/c1-10-13-15-16-17-18-19-21-33(50)43-24-34(51)46-29(12-3)37(53)48-35(26(5)49)39(55)44-25(4)36(52)47-30(20-14-11-2)38(54)45-27(6)42-56-32-23-28-22-31(40(28,7)8)41(32,9)57-42/h25-32,35,49H,10-24H2,1-9H3,(H,43,50)(H,44,55)(H,45,54)(H,46,51)(H,47,52)(H,48,53). The van der Waals surface area contributed by atoms with E-state index in [9.17, 15) is 33.9 Å². The minimum Gasteiger partial charge on any atom is -0.404 e. The third-order valence-corrected chi connectivity index (χ3v) is 12.6. The molecule has 2 bridgehead atoms. The van der Waals surface area contributed by atoms with E-state index >= 15 is 0 Å². The Morgan fingerprint density at radius 1 is 0.719 bits per heavy atom. The lowest BCUT2D eigenvalue weighted by atomic mass is 9.43. The van der Waals surface area contributed by atoms with E-state index in [0.717, 1.165) is 44.9 Å². The van der Waals surface area contributed by atoms with Crippen LogP contribution in [0.1, 0.15) is 152 Å². The van der Waals surface area contributed by atoms with E-state index in [0.29, 0.717) is 31.1 Å². The molecule has 15 nitrogen and oxygen atoms in total. The van der Waals surface area contributed by atoms with Gasteiger partial charge in [0.25, 0.3) is 0 Å². The first kappa shape index (κ1) is 48.1. The molecule has 16 heteroatoms. The van der Waals surface area contributed by atoms with Crippen LogP contribution in [-0.4, -0.2) is 102 Å². The van der Waals surface area contributed by atoms with Gasteiger partial charge in [-0.2, -0.15) is 0 Å². The van der Waals surface area contributed by atoms with Crippen LogP contribution in [0, 0.1) is 17.3 Å². The second-order valence-corrected chi connectivity index (χ2v) is 17.5. The molecule has 1 aliphatic heterocycles. The van der Waals surface area contributed by atoms with E-state index in [1.807, 2.05) is 13.8 Å². The Bertz CT molecular complexity index is 1380. The molecule has 1 saturated heterocycles. The molecule has 1 heterocycles. The summed E-state index contributed by atoms with van der Waals surface area (Å²) >= 11 is 0. The Balaban J connectivity index is 1.48. The van der Waals surface area contributed by atoms with E-state index in [1.54, 1.807) is 6.92 Å². The van der Waals surface area contributed by atoms with Crippen molar-refractivity contribution in [3.05, 3.63) is 0 Å². The van der Waals surface area contributed by atoms with Gasteiger partial charge in [0.15, 0.2) is 0 Å². The highest BCUT2D eigenvalue weighted by atomic mass is 16.7. The molecule has 4 fully saturated rings. The zero-order valence-electron chi connectivity index (χ0n) is 36.1. The van der Waals surface area contributed by atoms with Gasteiger partial charge in [0.05, 0.1) is 30.3 Å². The maximum atomic E-state index is 13.6. The van der Waals surface area contributed by atoms with Gasteiger partial charge >= 0.3 is 7.12 Å². The SMILES string of the molecule is CCCCCCCCCC(=O)NCC(=O)NC(CC)C(=O)NC(C(=O)NC(C)C(=O)NC(CCCC)C(=O)NC(C)B1OC2CC3CC(C3(C)C)C2(C)O1)C(C)O. The number of hydrogen-bond acceptors (Lipinski definition) is 9. The molecule has 4 aliphatic rings. The van der Waals surface area contributed by atoms with Gasteiger partial charge in [0.1, 0.15) is 24.2 Å². The summed E-state index contributed by atoms with van der Waals surface area (Å²) in [6.07, 6.45) is 10.5. The van der Waals surface area contributed by atoms with Crippen molar-refractivity contribution in [2.75, 3.05) is 6.54 Å².